The molecule has 2 N–H and O–H groups in total. The van der Waals surface area contributed by atoms with Crippen LogP contribution in [0.4, 0.5) is 4.39 Å². The van der Waals surface area contributed by atoms with Crippen molar-refractivity contribution in [2.75, 3.05) is 0 Å². The molecule has 1 heterocycles. The highest BCUT2D eigenvalue weighted by atomic mass is 32.2. The molecular formula is C21H21FN2O3S2. The largest absolute Gasteiger partial charge is 0.350 e. The molecule has 5 nitrogen and oxygen atoms in total. The van der Waals surface area contributed by atoms with Crippen LogP contribution in [0.1, 0.15) is 16.0 Å². The van der Waals surface area contributed by atoms with Gasteiger partial charge in [-0.2, -0.15) is 4.72 Å². The van der Waals surface area contributed by atoms with Crippen LogP contribution in [0.3, 0.4) is 0 Å². The average Bonchev–Trinajstić information content (AvgIpc) is 3.11. The number of benzene rings is 2. The molecule has 1 amide bonds. The summed E-state index contributed by atoms with van der Waals surface area (Å²) in [6.45, 7) is 2.25. The molecule has 29 heavy (non-hydrogen) atoms. The quantitative estimate of drug-likeness (QED) is 0.573. The number of halogens is 1. The highest BCUT2D eigenvalue weighted by Gasteiger charge is 2.27. The van der Waals surface area contributed by atoms with E-state index in [9.17, 15) is 17.6 Å². The van der Waals surface area contributed by atoms with Gasteiger partial charge >= 0.3 is 0 Å². The lowest BCUT2D eigenvalue weighted by molar-refractivity contribution is -0.122. The van der Waals surface area contributed by atoms with E-state index < -0.39 is 32.7 Å². The molecule has 0 aliphatic rings. The molecule has 3 rings (SSSR count). The van der Waals surface area contributed by atoms with E-state index in [1.807, 2.05) is 36.6 Å². The molecule has 152 valence electrons. The van der Waals surface area contributed by atoms with E-state index in [-0.39, 0.29) is 6.42 Å². The van der Waals surface area contributed by atoms with Crippen molar-refractivity contribution >= 4 is 27.3 Å². The molecule has 0 saturated heterocycles. The summed E-state index contributed by atoms with van der Waals surface area (Å²) in [5.74, 6) is -1.34. The second kappa shape index (κ2) is 9.30. The fourth-order valence-corrected chi connectivity index (χ4v) is 4.95. The molecule has 1 atom stereocenters. The second-order valence-corrected chi connectivity index (χ2v) is 9.22. The van der Waals surface area contributed by atoms with Gasteiger partial charge in [-0.15, -0.1) is 11.3 Å². The van der Waals surface area contributed by atoms with Gasteiger partial charge in [0.1, 0.15) is 16.8 Å². The molecule has 0 aliphatic heterocycles. The third kappa shape index (κ3) is 5.50. The predicted molar refractivity (Wildman–Crippen MR) is 112 cm³/mol. The predicted octanol–water partition coefficient (Wildman–Crippen LogP) is 3.40. The molecule has 0 bridgehead atoms. The Labute approximate surface area is 173 Å². The lowest BCUT2D eigenvalue weighted by Gasteiger charge is -2.19. The summed E-state index contributed by atoms with van der Waals surface area (Å²) in [7, 11) is -4.22. The lowest BCUT2D eigenvalue weighted by atomic mass is 10.1. The summed E-state index contributed by atoms with van der Waals surface area (Å²) in [6.07, 6.45) is 0.143. The first-order valence-corrected chi connectivity index (χ1v) is 11.3. The van der Waals surface area contributed by atoms with E-state index in [0.717, 1.165) is 22.1 Å². The SMILES string of the molecule is Cc1ccsc1CNC(=O)[C@H](Cc1ccccc1)NS(=O)(=O)c1ccccc1F. The molecule has 0 saturated carbocycles. The molecule has 1 aromatic heterocycles. The number of carbonyl (C=O) groups excluding carboxylic acids is 1. The van der Waals surface area contributed by atoms with Crippen LogP contribution < -0.4 is 10.0 Å². The fraction of sp³-hybridized carbons (Fsp3) is 0.190. The van der Waals surface area contributed by atoms with E-state index in [1.54, 1.807) is 12.1 Å². The zero-order valence-corrected chi connectivity index (χ0v) is 17.4. The lowest BCUT2D eigenvalue weighted by Crippen LogP contribution is -2.47. The van der Waals surface area contributed by atoms with Crippen molar-refractivity contribution in [3.8, 4) is 0 Å². The van der Waals surface area contributed by atoms with Crippen molar-refractivity contribution in [2.45, 2.75) is 30.8 Å². The van der Waals surface area contributed by atoms with Crippen molar-refractivity contribution in [3.05, 3.63) is 87.9 Å². The van der Waals surface area contributed by atoms with Gasteiger partial charge in [-0.1, -0.05) is 42.5 Å². The molecule has 3 aromatic rings. The highest BCUT2D eigenvalue weighted by Crippen LogP contribution is 2.17. The Morgan fingerprint density at radius 2 is 1.76 bits per heavy atom. The number of amides is 1. The normalized spacial score (nSPS) is 12.5. The van der Waals surface area contributed by atoms with E-state index >= 15 is 0 Å². The van der Waals surface area contributed by atoms with Gasteiger partial charge in [0.05, 0.1) is 6.54 Å². The molecule has 0 radical (unpaired) electrons. The van der Waals surface area contributed by atoms with Crippen molar-refractivity contribution < 1.29 is 17.6 Å². The van der Waals surface area contributed by atoms with Gasteiger partial charge in [0.25, 0.3) is 0 Å². The first-order chi connectivity index (χ1) is 13.9. The van der Waals surface area contributed by atoms with Crippen LogP contribution in [0, 0.1) is 12.7 Å². The van der Waals surface area contributed by atoms with Crippen LogP contribution in [0.25, 0.3) is 0 Å². The minimum Gasteiger partial charge on any atom is -0.350 e. The Morgan fingerprint density at radius 3 is 2.41 bits per heavy atom. The second-order valence-electron chi connectivity index (χ2n) is 6.54. The van der Waals surface area contributed by atoms with Crippen LogP contribution in [0.15, 0.2) is 70.9 Å². The van der Waals surface area contributed by atoms with Crippen molar-refractivity contribution in [2.24, 2.45) is 0 Å². The molecule has 0 unspecified atom stereocenters. The van der Waals surface area contributed by atoms with Gasteiger partial charge in [-0.3, -0.25) is 4.79 Å². The fourth-order valence-electron chi connectivity index (χ4n) is 2.83. The Hall–Kier alpha value is -2.55. The summed E-state index contributed by atoms with van der Waals surface area (Å²) < 4.78 is 41.8. The van der Waals surface area contributed by atoms with E-state index in [4.69, 9.17) is 0 Å². The van der Waals surface area contributed by atoms with Gasteiger partial charge < -0.3 is 5.32 Å². The Balaban J connectivity index is 1.81. The van der Waals surface area contributed by atoms with Crippen LogP contribution in [-0.2, 0) is 27.8 Å². The maximum absolute atomic E-state index is 14.0. The number of carbonyl (C=O) groups is 1. The monoisotopic (exact) mass is 432 g/mol. The van der Waals surface area contributed by atoms with Crippen LogP contribution >= 0.6 is 11.3 Å². The minimum atomic E-state index is -4.22. The van der Waals surface area contributed by atoms with Gasteiger partial charge in [-0.05, 0) is 48.1 Å². The Morgan fingerprint density at radius 1 is 1.07 bits per heavy atom. The van der Waals surface area contributed by atoms with Crippen LogP contribution in [-0.4, -0.2) is 20.4 Å². The van der Waals surface area contributed by atoms with Crippen LogP contribution in [0.2, 0.25) is 0 Å². The van der Waals surface area contributed by atoms with Crippen molar-refractivity contribution in [1.29, 1.82) is 0 Å². The standard InChI is InChI=1S/C21H21FN2O3S2/c1-15-11-12-28-19(15)14-23-21(25)18(13-16-7-3-2-4-8-16)24-29(26,27)20-10-6-5-9-17(20)22/h2-12,18,24H,13-14H2,1H3,(H,23,25)/t18-/m0/s1. The number of thiophene rings is 1. The molecular weight excluding hydrogens is 411 g/mol. The average molecular weight is 433 g/mol. The first-order valence-electron chi connectivity index (χ1n) is 8.98. The topological polar surface area (TPSA) is 75.3 Å². The Kier molecular flexibility index (Phi) is 6.79. The van der Waals surface area contributed by atoms with Crippen molar-refractivity contribution in [3.63, 3.8) is 0 Å². The van der Waals surface area contributed by atoms with E-state index in [1.165, 1.54) is 29.5 Å². The van der Waals surface area contributed by atoms with Gasteiger partial charge in [0.15, 0.2) is 0 Å². The van der Waals surface area contributed by atoms with E-state index in [0.29, 0.717) is 6.54 Å². The molecule has 0 spiro atoms. The summed E-state index contributed by atoms with van der Waals surface area (Å²) in [5, 5.41) is 4.72. The first kappa shape index (κ1) is 21.2. The minimum absolute atomic E-state index is 0.143. The maximum Gasteiger partial charge on any atom is 0.244 e. The summed E-state index contributed by atoms with van der Waals surface area (Å²) in [4.78, 5) is 13.3. The summed E-state index contributed by atoms with van der Waals surface area (Å²) in [5.41, 5.74) is 1.85. The summed E-state index contributed by atoms with van der Waals surface area (Å²) >= 11 is 1.52. The molecule has 0 aliphatic carbocycles. The van der Waals surface area contributed by atoms with Gasteiger partial charge in [0.2, 0.25) is 15.9 Å². The number of sulfonamides is 1. The Bertz CT molecular complexity index is 1080. The zero-order valence-electron chi connectivity index (χ0n) is 15.8. The van der Waals surface area contributed by atoms with E-state index in [2.05, 4.69) is 10.0 Å². The number of rotatable bonds is 8. The maximum atomic E-state index is 14.0. The molecule has 2 aromatic carbocycles. The third-order valence-corrected chi connectivity index (χ3v) is 6.94. The number of nitrogens with one attached hydrogen (secondary N) is 2. The van der Waals surface area contributed by atoms with Crippen molar-refractivity contribution in [1.82, 2.24) is 10.0 Å². The number of hydrogen-bond acceptors (Lipinski definition) is 4. The molecule has 8 heteroatoms. The van der Waals surface area contributed by atoms with Crippen LogP contribution in [0.5, 0.6) is 0 Å². The highest BCUT2D eigenvalue weighted by molar-refractivity contribution is 7.89. The summed E-state index contributed by atoms with van der Waals surface area (Å²) in [6, 6.07) is 15.0. The smallest absolute Gasteiger partial charge is 0.244 e. The third-order valence-electron chi connectivity index (χ3n) is 4.41. The molecule has 0 fully saturated rings. The zero-order chi connectivity index (χ0) is 20.9. The number of hydrogen-bond donors (Lipinski definition) is 2. The van der Waals surface area contributed by atoms with Gasteiger partial charge in [-0.25, -0.2) is 12.8 Å². The van der Waals surface area contributed by atoms with Gasteiger partial charge in [0, 0.05) is 4.88 Å². The number of aryl methyl sites for hydroxylation is 1.